The molecule has 0 aliphatic rings. The molecule has 0 N–H and O–H groups in total. The van der Waals surface area contributed by atoms with Crippen LogP contribution in [0.15, 0.2) is 10.8 Å². The number of hydrogen-bond donors (Lipinski definition) is 0. The number of nitriles is 1. The van der Waals surface area contributed by atoms with Gasteiger partial charge in [0.25, 0.3) is 6.43 Å². The minimum atomic E-state index is -2.63. The Labute approximate surface area is 99.0 Å². The van der Waals surface area contributed by atoms with Gasteiger partial charge in [-0.1, -0.05) is 0 Å². The maximum Gasteiger partial charge on any atom is 0.265 e. The summed E-state index contributed by atoms with van der Waals surface area (Å²) in [7, 11) is 0. The molecule has 0 aliphatic carbocycles. The van der Waals surface area contributed by atoms with Gasteiger partial charge in [-0.25, -0.2) is 13.8 Å². The predicted octanol–water partition coefficient (Wildman–Crippen LogP) is 3.59. The van der Waals surface area contributed by atoms with Crippen LogP contribution in [0.1, 0.15) is 23.1 Å². The summed E-state index contributed by atoms with van der Waals surface area (Å²) in [6.45, 7) is 0. The van der Waals surface area contributed by atoms with E-state index in [-0.39, 0.29) is 23.4 Å². The molecule has 1 rings (SSSR count). The molecular weight excluding hydrogens is 289 g/mol. The summed E-state index contributed by atoms with van der Waals surface area (Å²) in [6.07, 6.45) is -1.54. The lowest BCUT2D eigenvalue weighted by molar-refractivity contribution is 0.150. The van der Waals surface area contributed by atoms with Gasteiger partial charge < -0.3 is 0 Å². The van der Waals surface area contributed by atoms with Crippen molar-refractivity contribution in [2.24, 2.45) is 0 Å². The van der Waals surface area contributed by atoms with Crippen LogP contribution in [0.3, 0.4) is 0 Å². The first-order valence-corrected chi connectivity index (χ1v) is 5.31. The van der Waals surface area contributed by atoms with Crippen LogP contribution in [0.2, 0.25) is 0 Å². The molecule has 0 spiro atoms. The molecule has 0 bridgehead atoms. The summed E-state index contributed by atoms with van der Waals surface area (Å²) in [4.78, 5) is 3.75. The van der Waals surface area contributed by atoms with Crippen molar-refractivity contribution in [1.82, 2.24) is 4.98 Å². The van der Waals surface area contributed by atoms with Crippen molar-refractivity contribution in [2.75, 3.05) is 0 Å². The van der Waals surface area contributed by atoms with Crippen molar-refractivity contribution in [3.63, 3.8) is 0 Å². The first kappa shape index (κ1) is 12.3. The molecule has 0 atom stereocenters. The van der Waals surface area contributed by atoms with Crippen molar-refractivity contribution in [3.8, 4) is 6.07 Å². The first-order chi connectivity index (χ1) is 7.11. The van der Waals surface area contributed by atoms with E-state index in [0.29, 0.717) is 10.2 Å². The molecule has 0 aliphatic heterocycles. The van der Waals surface area contributed by atoms with Gasteiger partial charge in [-0.2, -0.15) is 5.26 Å². The molecule has 6 heteroatoms. The number of halogens is 4. The number of aromatic nitrogens is 1. The lowest BCUT2D eigenvalue weighted by atomic mass is 10.0. The second-order valence-corrected chi connectivity index (χ2v) is 3.75. The normalized spacial score (nSPS) is 10.4. The lowest BCUT2D eigenvalue weighted by Crippen LogP contribution is -2.01. The number of alkyl halides is 3. The molecule has 15 heavy (non-hydrogen) atoms. The van der Waals surface area contributed by atoms with Crippen LogP contribution >= 0.6 is 27.5 Å². The lowest BCUT2D eigenvalue weighted by Gasteiger charge is -2.11. The van der Waals surface area contributed by atoms with Crippen molar-refractivity contribution in [2.45, 2.75) is 18.7 Å². The van der Waals surface area contributed by atoms with Crippen molar-refractivity contribution in [3.05, 3.63) is 27.5 Å². The fourth-order valence-corrected chi connectivity index (χ4v) is 1.98. The third-order valence-corrected chi connectivity index (χ3v) is 2.85. The maximum absolute atomic E-state index is 12.6. The Morgan fingerprint density at radius 3 is 2.67 bits per heavy atom. The maximum atomic E-state index is 12.6. The van der Waals surface area contributed by atoms with Crippen LogP contribution in [-0.4, -0.2) is 4.98 Å². The zero-order valence-corrected chi connectivity index (χ0v) is 9.82. The fraction of sp³-hybridized carbons (Fsp3) is 0.333. The largest absolute Gasteiger partial charge is 0.265 e. The van der Waals surface area contributed by atoms with Crippen LogP contribution in [0.5, 0.6) is 0 Å². The Morgan fingerprint density at radius 1 is 1.53 bits per heavy atom. The van der Waals surface area contributed by atoms with Crippen LogP contribution in [0, 0.1) is 11.3 Å². The summed E-state index contributed by atoms with van der Waals surface area (Å²) in [5.41, 5.74) is 0.513. The zero-order chi connectivity index (χ0) is 11.4. The highest BCUT2D eigenvalue weighted by Crippen LogP contribution is 2.29. The molecular formula is C9H6BrClF2N2. The second kappa shape index (κ2) is 5.38. The van der Waals surface area contributed by atoms with E-state index in [9.17, 15) is 8.78 Å². The first-order valence-electron chi connectivity index (χ1n) is 3.99. The van der Waals surface area contributed by atoms with Gasteiger partial charge in [-0.3, -0.25) is 0 Å². The highest BCUT2D eigenvalue weighted by molar-refractivity contribution is 9.10. The van der Waals surface area contributed by atoms with Crippen LogP contribution in [0.25, 0.3) is 0 Å². The number of rotatable bonds is 3. The molecule has 0 radical (unpaired) electrons. The summed E-state index contributed by atoms with van der Waals surface area (Å²) in [5.74, 6) is -0.0577. The third-order valence-electron chi connectivity index (χ3n) is 1.90. The molecule has 2 nitrogen and oxygen atoms in total. The van der Waals surface area contributed by atoms with Gasteiger partial charge in [0.15, 0.2) is 0 Å². The monoisotopic (exact) mass is 294 g/mol. The van der Waals surface area contributed by atoms with E-state index in [2.05, 4.69) is 20.9 Å². The van der Waals surface area contributed by atoms with Gasteiger partial charge in [-0.15, -0.1) is 11.6 Å². The third kappa shape index (κ3) is 2.64. The topological polar surface area (TPSA) is 36.7 Å². The average Bonchev–Trinajstić information content (AvgIpc) is 2.20. The molecule has 0 unspecified atom stereocenters. The van der Waals surface area contributed by atoms with Gasteiger partial charge in [0.05, 0.1) is 12.5 Å². The predicted molar refractivity (Wildman–Crippen MR) is 55.8 cm³/mol. The van der Waals surface area contributed by atoms with E-state index in [1.165, 1.54) is 0 Å². The van der Waals surface area contributed by atoms with E-state index >= 15 is 0 Å². The van der Waals surface area contributed by atoms with Crippen molar-refractivity contribution in [1.29, 1.82) is 5.26 Å². The molecule has 80 valence electrons. The Bertz CT molecular complexity index is 404. The standard InChI is InChI=1S/C9H6BrClF2N2/c10-8-5(1-2-14)6(3-11)7(4-15-8)9(12)13/h4,9H,1,3H2. The number of pyridine rings is 1. The van der Waals surface area contributed by atoms with E-state index in [1.54, 1.807) is 0 Å². The smallest absolute Gasteiger partial charge is 0.249 e. The van der Waals surface area contributed by atoms with Gasteiger partial charge >= 0.3 is 0 Å². The van der Waals surface area contributed by atoms with Gasteiger partial charge in [-0.05, 0) is 21.5 Å². The van der Waals surface area contributed by atoms with Crippen LogP contribution in [0.4, 0.5) is 8.78 Å². The summed E-state index contributed by atoms with van der Waals surface area (Å²) in [5, 5.41) is 8.56. The Kier molecular flexibility index (Phi) is 4.43. The molecule has 0 amide bonds. The van der Waals surface area contributed by atoms with E-state index in [1.807, 2.05) is 6.07 Å². The Balaban J connectivity index is 3.34. The van der Waals surface area contributed by atoms with Gasteiger partial charge in [0.2, 0.25) is 0 Å². The molecule has 0 aromatic carbocycles. The van der Waals surface area contributed by atoms with E-state index in [4.69, 9.17) is 16.9 Å². The fourth-order valence-electron chi connectivity index (χ4n) is 1.19. The second-order valence-electron chi connectivity index (χ2n) is 2.73. The zero-order valence-electron chi connectivity index (χ0n) is 7.48. The summed E-state index contributed by atoms with van der Waals surface area (Å²) >= 11 is 8.70. The summed E-state index contributed by atoms with van der Waals surface area (Å²) < 4.78 is 25.5. The Morgan fingerprint density at radius 2 is 2.20 bits per heavy atom. The van der Waals surface area contributed by atoms with Crippen molar-refractivity contribution < 1.29 is 8.78 Å². The highest BCUT2D eigenvalue weighted by atomic mass is 79.9. The molecule has 1 aromatic rings. The minimum Gasteiger partial charge on any atom is -0.249 e. The van der Waals surface area contributed by atoms with Gasteiger partial charge in [0, 0.05) is 23.2 Å². The molecule has 0 saturated carbocycles. The quantitative estimate of drug-likeness (QED) is 0.631. The van der Waals surface area contributed by atoms with Crippen molar-refractivity contribution >= 4 is 27.5 Å². The molecule has 1 aromatic heterocycles. The molecule has 0 fully saturated rings. The molecule has 0 saturated heterocycles. The van der Waals surface area contributed by atoms with Crippen LogP contribution < -0.4 is 0 Å². The highest BCUT2D eigenvalue weighted by Gasteiger charge is 2.18. The minimum absolute atomic E-state index is 0.0101. The number of hydrogen-bond acceptors (Lipinski definition) is 2. The van der Waals surface area contributed by atoms with E-state index in [0.717, 1.165) is 6.20 Å². The number of nitrogens with zero attached hydrogens (tertiary/aromatic N) is 2. The van der Waals surface area contributed by atoms with Crippen LogP contribution in [-0.2, 0) is 12.3 Å². The summed E-state index contributed by atoms with van der Waals surface area (Å²) in [6, 6.07) is 1.89. The average molecular weight is 296 g/mol. The SMILES string of the molecule is N#CCc1c(Br)ncc(C(F)F)c1CCl. The Hall–Kier alpha value is -0.730. The van der Waals surface area contributed by atoms with Gasteiger partial charge in [0.1, 0.15) is 4.60 Å². The molecule has 1 heterocycles. The van der Waals surface area contributed by atoms with E-state index < -0.39 is 6.43 Å².